The third-order valence-corrected chi connectivity index (χ3v) is 4.45. The van der Waals surface area contributed by atoms with Crippen molar-refractivity contribution in [2.45, 2.75) is 77.7 Å². The van der Waals surface area contributed by atoms with Gasteiger partial charge in [-0.1, -0.05) is 39.5 Å². The lowest BCUT2D eigenvalue weighted by molar-refractivity contribution is -0.127. The molecule has 1 unspecified atom stereocenters. The highest BCUT2D eigenvalue weighted by Crippen LogP contribution is 2.32. The molecule has 0 aliphatic heterocycles. The number of amides is 1. The zero-order valence-corrected chi connectivity index (χ0v) is 12.8. The van der Waals surface area contributed by atoms with Gasteiger partial charge in [-0.15, -0.1) is 0 Å². The summed E-state index contributed by atoms with van der Waals surface area (Å²) in [6.07, 6.45) is 10.7. The quantitative estimate of drug-likeness (QED) is 0.710. The van der Waals surface area contributed by atoms with Gasteiger partial charge in [0.1, 0.15) is 0 Å². The summed E-state index contributed by atoms with van der Waals surface area (Å²) in [5, 5.41) is 3.13. The molecular formula is C16H32N2O. The van der Waals surface area contributed by atoms with Crippen molar-refractivity contribution in [1.29, 1.82) is 0 Å². The summed E-state index contributed by atoms with van der Waals surface area (Å²) in [7, 11) is 0. The van der Waals surface area contributed by atoms with Crippen LogP contribution in [0.4, 0.5) is 0 Å². The molecule has 0 aromatic carbocycles. The summed E-state index contributed by atoms with van der Waals surface area (Å²) >= 11 is 0. The molecule has 19 heavy (non-hydrogen) atoms. The van der Waals surface area contributed by atoms with Crippen LogP contribution in [0.5, 0.6) is 0 Å². The number of carbonyl (C=O) groups is 1. The maximum Gasteiger partial charge on any atom is 0.223 e. The van der Waals surface area contributed by atoms with Crippen molar-refractivity contribution in [1.82, 2.24) is 5.32 Å². The molecule has 0 saturated heterocycles. The smallest absolute Gasteiger partial charge is 0.223 e. The van der Waals surface area contributed by atoms with Crippen LogP contribution in [0.3, 0.4) is 0 Å². The van der Waals surface area contributed by atoms with Gasteiger partial charge in [-0.3, -0.25) is 4.79 Å². The van der Waals surface area contributed by atoms with E-state index in [4.69, 9.17) is 5.73 Å². The molecule has 112 valence electrons. The molecule has 1 fully saturated rings. The van der Waals surface area contributed by atoms with Crippen LogP contribution in [0.1, 0.15) is 71.6 Å². The van der Waals surface area contributed by atoms with Gasteiger partial charge in [0, 0.05) is 18.5 Å². The predicted octanol–water partition coefficient (Wildman–Crippen LogP) is 3.23. The fourth-order valence-corrected chi connectivity index (χ4v) is 3.12. The van der Waals surface area contributed by atoms with Crippen molar-refractivity contribution in [2.24, 2.45) is 17.6 Å². The van der Waals surface area contributed by atoms with Crippen molar-refractivity contribution in [2.75, 3.05) is 6.54 Å². The number of nitrogens with two attached hydrogens (primary N) is 1. The third-order valence-electron chi connectivity index (χ3n) is 4.45. The molecular weight excluding hydrogens is 236 g/mol. The Bertz CT molecular complexity index is 247. The van der Waals surface area contributed by atoms with E-state index < -0.39 is 0 Å². The zero-order valence-electron chi connectivity index (χ0n) is 12.8. The van der Waals surface area contributed by atoms with E-state index in [1.165, 1.54) is 32.1 Å². The first-order valence-corrected chi connectivity index (χ1v) is 8.21. The molecule has 1 amide bonds. The monoisotopic (exact) mass is 268 g/mol. The molecule has 0 spiro atoms. The summed E-state index contributed by atoms with van der Waals surface area (Å²) in [6, 6.07) is 0.176. The van der Waals surface area contributed by atoms with Gasteiger partial charge in [0.15, 0.2) is 0 Å². The first kappa shape index (κ1) is 16.5. The molecule has 1 saturated carbocycles. The van der Waals surface area contributed by atoms with E-state index >= 15 is 0 Å². The Balaban J connectivity index is 2.28. The van der Waals surface area contributed by atoms with E-state index in [1.807, 2.05) is 0 Å². The topological polar surface area (TPSA) is 55.1 Å². The summed E-state index contributed by atoms with van der Waals surface area (Å²) in [5.41, 5.74) is 5.70. The highest BCUT2D eigenvalue weighted by molar-refractivity contribution is 5.79. The first-order valence-electron chi connectivity index (χ1n) is 8.21. The fourth-order valence-electron chi connectivity index (χ4n) is 3.12. The fraction of sp³-hybridized carbons (Fsp3) is 0.938. The van der Waals surface area contributed by atoms with E-state index in [-0.39, 0.29) is 17.9 Å². The van der Waals surface area contributed by atoms with Crippen molar-refractivity contribution in [3.05, 3.63) is 0 Å². The molecule has 3 nitrogen and oxygen atoms in total. The summed E-state index contributed by atoms with van der Waals surface area (Å²) in [6.45, 7) is 4.94. The van der Waals surface area contributed by atoms with E-state index in [9.17, 15) is 4.79 Å². The molecule has 3 heteroatoms. The molecule has 3 N–H and O–H groups in total. The van der Waals surface area contributed by atoms with Crippen molar-refractivity contribution in [3.8, 4) is 0 Å². The Hall–Kier alpha value is -0.570. The summed E-state index contributed by atoms with van der Waals surface area (Å²) in [4.78, 5) is 12.2. The number of unbranched alkanes of at least 4 members (excludes halogenated alkanes) is 1. The van der Waals surface area contributed by atoms with E-state index in [0.717, 1.165) is 31.6 Å². The van der Waals surface area contributed by atoms with Crippen LogP contribution in [-0.2, 0) is 4.79 Å². The van der Waals surface area contributed by atoms with Crippen LogP contribution in [0.2, 0.25) is 0 Å². The SMILES string of the molecule is CCCCC1CCC(C(=O)NC(CN)CCC)CC1. The second-order valence-electron chi connectivity index (χ2n) is 6.09. The van der Waals surface area contributed by atoms with Gasteiger partial charge in [-0.05, 0) is 38.0 Å². The zero-order chi connectivity index (χ0) is 14.1. The Morgan fingerprint density at radius 3 is 2.42 bits per heavy atom. The Morgan fingerprint density at radius 2 is 1.89 bits per heavy atom. The number of nitrogens with one attached hydrogen (secondary N) is 1. The minimum atomic E-state index is 0.176. The van der Waals surface area contributed by atoms with Crippen LogP contribution in [0.25, 0.3) is 0 Å². The molecule has 1 aliphatic carbocycles. The maximum absolute atomic E-state index is 12.2. The van der Waals surface area contributed by atoms with Crippen LogP contribution in [0.15, 0.2) is 0 Å². The largest absolute Gasteiger partial charge is 0.352 e. The molecule has 1 aliphatic rings. The minimum absolute atomic E-state index is 0.176. The highest BCUT2D eigenvalue weighted by atomic mass is 16.1. The molecule has 1 atom stereocenters. The maximum atomic E-state index is 12.2. The second kappa shape index (κ2) is 9.35. The van der Waals surface area contributed by atoms with E-state index in [1.54, 1.807) is 0 Å². The van der Waals surface area contributed by atoms with Gasteiger partial charge >= 0.3 is 0 Å². The van der Waals surface area contributed by atoms with Gasteiger partial charge in [0.05, 0.1) is 0 Å². The average Bonchev–Trinajstić information content (AvgIpc) is 2.45. The minimum Gasteiger partial charge on any atom is -0.352 e. The van der Waals surface area contributed by atoms with Gasteiger partial charge in [-0.2, -0.15) is 0 Å². The van der Waals surface area contributed by atoms with E-state index in [0.29, 0.717) is 6.54 Å². The molecule has 0 radical (unpaired) electrons. The molecule has 0 aromatic heterocycles. The van der Waals surface area contributed by atoms with Gasteiger partial charge in [0.25, 0.3) is 0 Å². The first-order chi connectivity index (χ1) is 9.21. The molecule has 0 heterocycles. The Morgan fingerprint density at radius 1 is 1.21 bits per heavy atom. The van der Waals surface area contributed by atoms with Gasteiger partial charge in [0.2, 0.25) is 5.91 Å². The average molecular weight is 268 g/mol. The van der Waals surface area contributed by atoms with Gasteiger partial charge in [-0.25, -0.2) is 0 Å². The van der Waals surface area contributed by atoms with Gasteiger partial charge < -0.3 is 11.1 Å². The van der Waals surface area contributed by atoms with Crippen LogP contribution < -0.4 is 11.1 Å². The number of hydrogen-bond acceptors (Lipinski definition) is 2. The Labute approximate surface area is 118 Å². The van der Waals surface area contributed by atoms with Crippen LogP contribution >= 0.6 is 0 Å². The number of hydrogen-bond donors (Lipinski definition) is 2. The number of rotatable bonds is 8. The Kier molecular flexibility index (Phi) is 8.11. The molecule has 0 aromatic rings. The third kappa shape index (κ3) is 5.94. The predicted molar refractivity (Wildman–Crippen MR) is 80.9 cm³/mol. The summed E-state index contributed by atoms with van der Waals surface area (Å²) < 4.78 is 0. The lowest BCUT2D eigenvalue weighted by Gasteiger charge is -2.29. The second-order valence-corrected chi connectivity index (χ2v) is 6.09. The van der Waals surface area contributed by atoms with Crippen LogP contribution in [0, 0.1) is 11.8 Å². The highest BCUT2D eigenvalue weighted by Gasteiger charge is 2.26. The van der Waals surface area contributed by atoms with Crippen LogP contribution in [-0.4, -0.2) is 18.5 Å². The normalized spacial score (nSPS) is 25.0. The molecule has 0 bridgehead atoms. The number of carbonyl (C=O) groups excluding carboxylic acids is 1. The standard InChI is InChI=1S/C16H32N2O/c1-3-5-7-13-8-10-14(11-9-13)16(19)18-15(12-17)6-4-2/h13-15H,3-12,17H2,1-2H3,(H,18,19). The lowest BCUT2D eigenvalue weighted by atomic mass is 9.79. The van der Waals surface area contributed by atoms with Crippen molar-refractivity contribution in [3.63, 3.8) is 0 Å². The van der Waals surface area contributed by atoms with E-state index in [2.05, 4.69) is 19.2 Å². The summed E-state index contributed by atoms with van der Waals surface area (Å²) in [5.74, 6) is 1.35. The molecule has 1 rings (SSSR count). The lowest BCUT2D eigenvalue weighted by Crippen LogP contribution is -2.43. The van der Waals surface area contributed by atoms with Crippen molar-refractivity contribution >= 4 is 5.91 Å². The van der Waals surface area contributed by atoms with Crippen molar-refractivity contribution < 1.29 is 4.79 Å².